The number of terminal acetylenes is 1. The van der Waals surface area contributed by atoms with E-state index in [-0.39, 0.29) is 11.8 Å². The maximum atomic E-state index is 13.7. The number of sulfonamides is 1. The highest BCUT2D eigenvalue weighted by Crippen LogP contribution is 2.45. The first-order valence-corrected chi connectivity index (χ1v) is 13.4. The van der Waals surface area contributed by atoms with Crippen LogP contribution >= 0.6 is 0 Å². The second kappa shape index (κ2) is 7.98. The van der Waals surface area contributed by atoms with Crippen molar-refractivity contribution in [2.24, 2.45) is 0 Å². The zero-order valence-corrected chi connectivity index (χ0v) is 20.7. The molecule has 0 unspecified atom stereocenters. The number of H-pyrrole nitrogens is 1. The fourth-order valence-corrected chi connectivity index (χ4v) is 6.29. The normalized spacial score (nSPS) is 17.5. The molecular formula is C27H26N4O3S. The molecule has 5 rings (SSSR count). The topological polar surface area (TPSA) is 106 Å². The number of ketones is 1. The monoisotopic (exact) mass is 486 g/mol. The summed E-state index contributed by atoms with van der Waals surface area (Å²) >= 11 is 0. The minimum Gasteiger partial charge on any atom is -0.370 e. The van der Waals surface area contributed by atoms with E-state index in [1.807, 2.05) is 18.2 Å². The molecule has 0 radical (unpaired) electrons. The molecule has 0 atom stereocenters. The van der Waals surface area contributed by atoms with Gasteiger partial charge >= 0.3 is 0 Å². The fourth-order valence-electron chi connectivity index (χ4n) is 5.45. The summed E-state index contributed by atoms with van der Waals surface area (Å²) in [5.41, 5.74) is 5.29. The summed E-state index contributed by atoms with van der Waals surface area (Å²) in [5, 5.41) is 10.1. The third-order valence-electron chi connectivity index (χ3n) is 7.21. The number of anilines is 1. The predicted molar refractivity (Wildman–Crippen MR) is 136 cm³/mol. The summed E-state index contributed by atoms with van der Waals surface area (Å²) in [5.74, 6) is 2.68. The van der Waals surface area contributed by atoms with Gasteiger partial charge in [0.15, 0.2) is 5.78 Å². The molecule has 0 spiro atoms. The van der Waals surface area contributed by atoms with Crippen LogP contribution in [0.5, 0.6) is 0 Å². The summed E-state index contributed by atoms with van der Waals surface area (Å²) in [6.07, 6.45) is 8.41. The molecule has 0 amide bonds. The summed E-state index contributed by atoms with van der Waals surface area (Å²) in [4.78, 5) is 19.3. The Morgan fingerprint density at radius 3 is 2.54 bits per heavy atom. The molecule has 2 N–H and O–H groups in total. The van der Waals surface area contributed by atoms with E-state index >= 15 is 0 Å². The van der Waals surface area contributed by atoms with Gasteiger partial charge in [0.1, 0.15) is 0 Å². The molecule has 2 aromatic carbocycles. The van der Waals surface area contributed by atoms with Crippen molar-refractivity contribution in [1.29, 1.82) is 5.26 Å². The molecule has 2 aliphatic rings. The molecule has 178 valence electrons. The number of nitrogens with one attached hydrogen (secondary N) is 2. The molecule has 1 aliphatic heterocycles. The minimum atomic E-state index is -3.26. The standard InChI is InChI=1S/C27H26N4O3S/c1-5-17-13-20-21(14-23(17)31-10-8-18(9-11-31)30-35(4,33)34)27(2,3)26-24(25(20)32)19-7-6-16(15-28)12-22(19)29-26/h1,6-7,12-14,18,29-30H,8-11H2,2-4H3. The highest BCUT2D eigenvalue weighted by Gasteiger charge is 2.40. The van der Waals surface area contributed by atoms with E-state index in [0.29, 0.717) is 48.2 Å². The van der Waals surface area contributed by atoms with E-state index in [9.17, 15) is 18.5 Å². The third kappa shape index (κ3) is 3.80. The van der Waals surface area contributed by atoms with Crippen molar-refractivity contribution in [3.8, 4) is 18.4 Å². The van der Waals surface area contributed by atoms with E-state index in [1.165, 1.54) is 6.26 Å². The van der Waals surface area contributed by atoms with Crippen LogP contribution in [0.15, 0.2) is 30.3 Å². The summed E-state index contributed by atoms with van der Waals surface area (Å²) in [6.45, 7) is 5.48. The predicted octanol–water partition coefficient (Wildman–Crippen LogP) is 3.41. The highest BCUT2D eigenvalue weighted by atomic mass is 32.2. The average molecular weight is 487 g/mol. The molecule has 35 heavy (non-hydrogen) atoms. The molecular weight excluding hydrogens is 460 g/mol. The first kappa shape index (κ1) is 23.2. The Morgan fingerprint density at radius 2 is 1.91 bits per heavy atom. The zero-order chi connectivity index (χ0) is 25.1. The van der Waals surface area contributed by atoms with Crippen LogP contribution < -0.4 is 9.62 Å². The van der Waals surface area contributed by atoms with Crippen LogP contribution in [0.25, 0.3) is 10.9 Å². The lowest BCUT2D eigenvalue weighted by Gasteiger charge is -2.37. The van der Waals surface area contributed by atoms with Gasteiger partial charge in [-0.15, -0.1) is 6.42 Å². The van der Waals surface area contributed by atoms with Crippen molar-refractivity contribution < 1.29 is 13.2 Å². The van der Waals surface area contributed by atoms with Crippen molar-refractivity contribution >= 4 is 32.4 Å². The van der Waals surface area contributed by atoms with Crippen molar-refractivity contribution in [2.45, 2.75) is 38.1 Å². The number of rotatable bonds is 3. The van der Waals surface area contributed by atoms with Gasteiger partial charge in [-0.1, -0.05) is 25.8 Å². The van der Waals surface area contributed by atoms with Gasteiger partial charge in [-0.25, -0.2) is 13.1 Å². The van der Waals surface area contributed by atoms with Crippen molar-refractivity contribution in [3.63, 3.8) is 0 Å². The Labute approximate surface area is 205 Å². The minimum absolute atomic E-state index is 0.0793. The third-order valence-corrected chi connectivity index (χ3v) is 7.97. The van der Waals surface area contributed by atoms with Crippen molar-refractivity contribution in [3.05, 3.63) is 63.8 Å². The van der Waals surface area contributed by atoms with Gasteiger partial charge in [-0.05, 0) is 42.7 Å². The number of hydrogen-bond acceptors (Lipinski definition) is 5. The van der Waals surface area contributed by atoms with Crippen LogP contribution in [-0.2, 0) is 15.4 Å². The van der Waals surface area contributed by atoms with E-state index in [2.05, 4.69) is 40.4 Å². The summed E-state index contributed by atoms with van der Waals surface area (Å²) in [7, 11) is -3.26. The van der Waals surface area contributed by atoms with Crippen LogP contribution in [0, 0.1) is 23.7 Å². The molecule has 2 heterocycles. The molecule has 1 aliphatic carbocycles. The number of aromatic nitrogens is 1. The quantitative estimate of drug-likeness (QED) is 0.552. The van der Waals surface area contributed by atoms with E-state index < -0.39 is 15.4 Å². The van der Waals surface area contributed by atoms with Crippen LogP contribution in [0.3, 0.4) is 0 Å². The fraction of sp³-hybridized carbons (Fsp3) is 0.333. The SMILES string of the molecule is C#Cc1cc2c(cc1N1CCC(NS(C)(=O)=O)CC1)C(C)(C)c1[nH]c3cc(C#N)ccc3c1C2=O. The molecule has 1 fully saturated rings. The lowest BCUT2D eigenvalue weighted by Crippen LogP contribution is -2.44. The van der Waals surface area contributed by atoms with Crippen molar-refractivity contribution in [2.75, 3.05) is 24.2 Å². The molecule has 0 saturated carbocycles. The van der Waals surface area contributed by atoms with Gasteiger partial charge in [-0.3, -0.25) is 4.79 Å². The number of hydrogen-bond donors (Lipinski definition) is 2. The number of nitrogens with zero attached hydrogens (tertiary/aromatic N) is 2. The smallest absolute Gasteiger partial charge is 0.208 e. The number of carbonyl (C=O) groups is 1. The lowest BCUT2D eigenvalue weighted by molar-refractivity contribution is 0.103. The van der Waals surface area contributed by atoms with E-state index in [1.54, 1.807) is 12.1 Å². The molecule has 1 aromatic heterocycles. The van der Waals surface area contributed by atoms with Gasteiger partial charge in [0.25, 0.3) is 0 Å². The molecule has 7 nitrogen and oxygen atoms in total. The van der Waals surface area contributed by atoms with Crippen LogP contribution in [0.2, 0.25) is 0 Å². The second-order valence-corrected chi connectivity index (χ2v) is 11.7. The lowest BCUT2D eigenvalue weighted by atomic mass is 9.70. The highest BCUT2D eigenvalue weighted by molar-refractivity contribution is 7.88. The van der Waals surface area contributed by atoms with Crippen LogP contribution in [0.1, 0.15) is 65.0 Å². The van der Waals surface area contributed by atoms with Crippen molar-refractivity contribution in [1.82, 2.24) is 9.71 Å². The Balaban J connectivity index is 1.57. The van der Waals surface area contributed by atoms with Crippen LogP contribution in [-0.4, -0.2) is 44.6 Å². The van der Waals surface area contributed by atoms with Crippen LogP contribution in [0.4, 0.5) is 5.69 Å². The first-order valence-electron chi connectivity index (χ1n) is 11.5. The second-order valence-electron chi connectivity index (χ2n) is 9.91. The van der Waals surface area contributed by atoms with Gasteiger partial charge in [0.2, 0.25) is 10.0 Å². The number of carbonyl (C=O) groups excluding carboxylic acids is 1. The Hall–Kier alpha value is -3.59. The van der Waals surface area contributed by atoms with E-state index in [0.717, 1.165) is 27.8 Å². The Morgan fingerprint density at radius 1 is 1.20 bits per heavy atom. The molecule has 8 heteroatoms. The Bertz CT molecular complexity index is 1580. The zero-order valence-electron chi connectivity index (χ0n) is 19.9. The number of benzene rings is 2. The number of piperidine rings is 1. The Kier molecular flexibility index (Phi) is 5.28. The van der Waals surface area contributed by atoms with Gasteiger partial charge in [0, 0.05) is 52.3 Å². The summed E-state index contributed by atoms with van der Waals surface area (Å²) < 4.78 is 25.9. The molecule has 0 bridgehead atoms. The largest absolute Gasteiger partial charge is 0.370 e. The van der Waals surface area contributed by atoms with Gasteiger partial charge in [0.05, 0.1) is 29.1 Å². The maximum absolute atomic E-state index is 13.7. The number of nitriles is 1. The first-order chi connectivity index (χ1) is 16.5. The van der Waals surface area contributed by atoms with Gasteiger partial charge < -0.3 is 9.88 Å². The number of fused-ring (bicyclic) bond motifs is 4. The molecule has 3 aromatic rings. The average Bonchev–Trinajstić information content (AvgIpc) is 3.21. The number of aromatic amines is 1. The maximum Gasteiger partial charge on any atom is 0.208 e. The molecule has 1 saturated heterocycles. The van der Waals surface area contributed by atoms with Gasteiger partial charge in [-0.2, -0.15) is 5.26 Å². The summed E-state index contributed by atoms with van der Waals surface area (Å²) in [6, 6.07) is 11.2. The van der Waals surface area contributed by atoms with E-state index in [4.69, 9.17) is 6.42 Å².